The molecule has 96 valence electrons. The molecule has 0 radical (unpaired) electrons. The number of hydrogen-bond acceptors (Lipinski definition) is 5. The zero-order valence-electron chi connectivity index (χ0n) is 9.21. The van der Waals surface area contributed by atoms with Crippen LogP contribution < -0.4 is 4.72 Å². The number of carboxylic acids is 1. The van der Waals surface area contributed by atoms with Gasteiger partial charge in [-0.1, -0.05) is 0 Å². The fourth-order valence-corrected chi connectivity index (χ4v) is 2.33. The number of aliphatic carboxylic acids is 1. The lowest BCUT2D eigenvalue weighted by Crippen LogP contribution is -2.46. The van der Waals surface area contributed by atoms with Gasteiger partial charge in [-0.05, 0) is 6.92 Å². The van der Waals surface area contributed by atoms with Crippen LogP contribution in [-0.4, -0.2) is 54.5 Å². The van der Waals surface area contributed by atoms with E-state index in [4.69, 9.17) is 5.11 Å². The lowest BCUT2D eigenvalue weighted by atomic mass is 10.3. The number of likely N-dealkylation sites (tertiary alicyclic amines) is 1. The summed E-state index contributed by atoms with van der Waals surface area (Å²) in [4.78, 5) is 33.9. The molecule has 0 aromatic carbocycles. The van der Waals surface area contributed by atoms with E-state index >= 15 is 0 Å². The van der Waals surface area contributed by atoms with Gasteiger partial charge in [0, 0.05) is 7.05 Å². The number of likely N-dealkylation sites (N-methyl/N-ethyl adjacent to an activating group) is 1. The molecular weight excluding hydrogens is 252 g/mol. The molecule has 1 aliphatic rings. The van der Waals surface area contributed by atoms with Crippen LogP contribution in [-0.2, 0) is 24.4 Å². The Labute approximate surface area is 97.6 Å². The van der Waals surface area contributed by atoms with E-state index in [0.717, 1.165) is 11.8 Å². The summed E-state index contributed by atoms with van der Waals surface area (Å²) in [5.74, 6) is -2.72. The van der Waals surface area contributed by atoms with E-state index in [2.05, 4.69) is 0 Å². The van der Waals surface area contributed by atoms with Gasteiger partial charge in [-0.2, -0.15) is 0 Å². The van der Waals surface area contributed by atoms with Crippen LogP contribution in [0, 0.1) is 0 Å². The Balaban J connectivity index is 2.84. The van der Waals surface area contributed by atoms with Gasteiger partial charge in [-0.15, -0.1) is 0 Å². The maximum Gasteiger partial charge on any atom is 0.323 e. The number of carboxylic acid groups (broad SMARTS) is 1. The number of carbonyl (C=O) groups is 3. The Bertz CT molecular complexity index is 470. The lowest BCUT2D eigenvalue weighted by molar-refractivity contribution is -0.138. The van der Waals surface area contributed by atoms with Gasteiger partial charge in [0.05, 0.1) is 6.42 Å². The highest BCUT2D eigenvalue weighted by Gasteiger charge is 2.40. The fourth-order valence-electron chi connectivity index (χ4n) is 1.28. The molecule has 1 aliphatic heterocycles. The maximum atomic E-state index is 11.5. The Morgan fingerprint density at radius 1 is 1.53 bits per heavy atom. The minimum absolute atomic E-state index is 0.291. The average molecular weight is 264 g/mol. The quantitative estimate of drug-likeness (QED) is 0.574. The molecule has 8 nitrogen and oxygen atoms in total. The van der Waals surface area contributed by atoms with Crippen LogP contribution in [0.15, 0.2) is 0 Å². The first-order valence-electron chi connectivity index (χ1n) is 4.71. The third kappa shape index (κ3) is 2.61. The summed E-state index contributed by atoms with van der Waals surface area (Å²) in [7, 11) is -2.94. The van der Waals surface area contributed by atoms with Crippen molar-refractivity contribution in [2.24, 2.45) is 0 Å². The molecule has 0 spiro atoms. The zero-order valence-corrected chi connectivity index (χ0v) is 10.0. The number of carbonyl (C=O) groups excluding carboxylic acids is 2. The lowest BCUT2D eigenvalue weighted by Gasteiger charge is -2.13. The van der Waals surface area contributed by atoms with Gasteiger partial charge in [-0.3, -0.25) is 19.3 Å². The Kier molecular flexibility index (Phi) is 3.53. The number of amides is 2. The van der Waals surface area contributed by atoms with E-state index in [1.807, 2.05) is 4.72 Å². The molecule has 2 N–H and O–H groups in total. The maximum absolute atomic E-state index is 11.5. The summed E-state index contributed by atoms with van der Waals surface area (Å²) in [6.07, 6.45) is -0.291. The molecule has 17 heavy (non-hydrogen) atoms. The van der Waals surface area contributed by atoms with Crippen molar-refractivity contribution in [3.8, 4) is 0 Å². The fraction of sp³-hybridized carbons (Fsp3) is 0.625. The number of nitrogens with one attached hydrogen (secondary N) is 1. The number of nitrogens with zero attached hydrogens (tertiary/aromatic N) is 1. The van der Waals surface area contributed by atoms with Crippen LogP contribution in [0.25, 0.3) is 0 Å². The second-order valence-electron chi connectivity index (χ2n) is 3.69. The summed E-state index contributed by atoms with van der Waals surface area (Å²) in [6.45, 7) is 0.982. The van der Waals surface area contributed by atoms with E-state index < -0.39 is 39.1 Å². The van der Waals surface area contributed by atoms with Gasteiger partial charge in [0.2, 0.25) is 21.8 Å². The molecule has 2 amide bonds. The summed E-state index contributed by atoms with van der Waals surface area (Å²) >= 11 is 0. The Morgan fingerprint density at radius 3 is 2.41 bits per heavy atom. The normalized spacial score (nSPS) is 22.9. The first-order valence-corrected chi connectivity index (χ1v) is 6.26. The smallest absolute Gasteiger partial charge is 0.323 e. The van der Waals surface area contributed by atoms with Gasteiger partial charge in [0.25, 0.3) is 0 Å². The van der Waals surface area contributed by atoms with Crippen LogP contribution in [0.1, 0.15) is 13.3 Å². The molecule has 9 heteroatoms. The van der Waals surface area contributed by atoms with Crippen molar-refractivity contribution in [2.75, 3.05) is 7.05 Å². The highest BCUT2D eigenvalue weighted by Crippen LogP contribution is 2.12. The van der Waals surface area contributed by atoms with E-state index in [1.165, 1.54) is 7.05 Å². The van der Waals surface area contributed by atoms with Gasteiger partial charge in [0.1, 0.15) is 6.04 Å². The van der Waals surface area contributed by atoms with Crippen LogP contribution >= 0.6 is 0 Å². The number of imide groups is 1. The minimum Gasteiger partial charge on any atom is -0.480 e. The molecule has 1 heterocycles. The molecule has 2 atom stereocenters. The van der Waals surface area contributed by atoms with Crippen molar-refractivity contribution < 1.29 is 27.9 Å². The van der Waals surface area contributed by atoms with Crippen LogP contribution in [0.3, 0.4) is 0 Å². The van der Waals surface area contributed by atoms with Gasteiger partial charge in [0.15, 0.2) is 5.25 Å². The summed E-state index contributed by atoms with van der Waals surface area (Å²) in [5.41, 5.74) is 0. The van der Waals surface area contributed by atoms with Crippen LogP contribution in [0.2, 0.25) is 0 Å². The zero-order chi connectivity index (χ0) is 13.4. The molecule has 0 aromatic rings. The minimum atomic E-state index is -4.17. The van der Waals surface area contributed by atoms with Crippen molar-refractivity contribution in [1.29, 1.82) is 0 Å². The Morgan fingerprint density at radius 2 is 2.06 bits per heavy atom. The Hall–Kier alpha value is -1.48. The molecule has 0 aliphatic carbocycles. The number of sulfonamides is 1. The monoisotopic (exact) mass is 264 g/mol. The van der Waals surface area contributed by atoms with Crippen molar-refractivity contribution in [3.63, 3.8) is 0 Å². The van der Waals surface area contributed by atoms with Gasteiger partial charge < -0.3 is 5.11 Å². The number of hydrogen-bond donors (Lipinski definition) is 2. The van der Waals surface area contributed by atoms with E-state index in [1.54, 1.807) is 0 Å². The molecule has 0 bridgehead atoms. The van der Waals surface area contributed by atoms with Crippen molar-refractivity contribution in [2.45, 2.75) is 24.6 Å². The van der Waals surface area contributed by atoms with Gasteiger partial charge >= 0.3 is 5.97 Å². The first-order chi connectivity index (χ1) is 7.66. The SMILES string of the molecule is CC(C(=O)O)S(=O)(=O)NC1CC(=O)N(C)C1=O. The van der Waals surface area contributed by atoms with Crippen LogP contribution in [0.4, 0.5) is 0 Å². The third-order valence-electron chi connectivity index (χ3n) is 2.50. The van der Waals surface area contributed by atoms with Crippen molar-refractivity contribution in [3.05, 3.63) is 0 Å². The average Bonchev–Trinajstić information content (AvgIpc) is 2.44. The van der Waals surface area contributed by atoms with E-state index in [9.17, 15) is 22.8 Å². The third-order valence-corrected chi connectivity index (χ3v) is 4.25. The highest BCUT2D eigenvalue weighted by atomic mass is 32.2. The van der Waals surface area contributed by atoms with Crippen molar-refractivity contribution in [1.82, 2.24) is 9.62 Å². The molecular formula is C8H12N2O6S. The van der Waals surface area contributed by atoms with E-state index in [-0.39, 0.29) is 6.42 Å². The molecule has 1 rings (SSSR count). The van der Waals surface area contributed by atoms with E-state index in [0.29, 0.717) is 0 Å². The number of rotatable bonds is 4. The molecule has 2 unspecified atom stereocenters. The van der Waals surface area contributed by atoms with Crippen LogP contribution in [0.5, 0.6) is 0 Å². The standard InChI is InChI=1S/C8H12N2O6S/c1-4(8(13)14)17(15,16)9-5-3-6(11)10(2)7(5)12/h4-5,9H,3H2,1-2H3,(H,13,14). The second-order valence-corrected chi connectivity index (χ2v) is 5.72. The molecule has 1 fully saturated rings. The highest BCUT2D eigenvalue weighted by molar-refractivity contribution is 7.90. The molecule has 1 saturated heterocycles. The summed E-state index contributed by atoms with van der Waals surface area (Å²) in [5, 5.41) is 6.90. The molecule has 0 saturated carbocycles. The predicted octanol–water partition coefficient (Wildman–Crippen LogP) is -1.86. The predicted molar refractivity (Wildman–Crippen MR) is 55.3 cm³/mol. The van der Waals surface area contributed by atoms with Gasteiger partial charge in [-0.25, -0.2) is 13.1 Å². The second kappa shape index (κ2) is 4.41. The van der Waals surface area contributed by atoms with Crippen molar-refractivity contribution >= 4 is 27.8 Å². The summed E-state index contributed by atoms with van der Waals surface area (Å²) < 4.78 is 25.0. The summed E-state index contributed by atoms with van der Waals surface area (Å²) in [6, 6.07) is -1.21. The molecule has 0 aromatic heterocycles. The first kappa shape index (κ1) is 13.6. The largest absolute Gasteiger partial charge is 0.480 e. The topological polar surface area (TPSA) is 121 Å².